The van der Waals surface area contributed by atoms with Gasteiger partial charge in [0.2, 0.25) is 5.91 Å². The maximum atomic E-state index is 12.3. The summed E-state index contributed by atoms with van der Waals surface area (Å²) in [5, 5.41) is 9.74. The van der Waals surface area contributed by atoms with E-state index in [1.807, 2.05) is 56.8 Å². The Hall–Kier alpha value is -2.82. The monoisotopic (exact) mass is 365 g/mol. The van der Waals surface area contributed by atoms with Crippen molar-refractivity contribution in [3.8, 4) is 5.75 Å². The first-order valence-electron chi connectivity index (χ1n) is 9.37. The van der Waals surface area contributed by atoms with Crippen LogP contribution in [0, 0.1) is 13.8 Å². The Morgan fingerprint density at radius 3 is 2.67 bits per heavy atom. The van der Waals surface area contributed by atoms with Crippen molar-refractivity contribution in [3.05, 3.63) is 59.4 Å². The Labute approximate surface area is 160 Å². The van der Waals surface area contributed by atoms with Crippen LogP contribution in [0.3, 0.4) is 0 Å². The van der Waals surface area contributed by atoms with E-state index in [4.69, 9.17) is 4.74 Å². The van der Waals surface area contributed by atoms with Crippen LogP contribution in [0.25, 0.3) is 10.8 Å². The number of nitrogens with zero attached hydrogens (tertiary/aromatic N) is 2. The Kier molecular flexibility index (Phi) is 5.79. The molecule has 1 amide bonds. The zero-order valence-corrected chi connectivity index (χ0v) is 16.5. The summed E-state index contributed by atoms with van der Waals surface area (Å²) in [5.74, 6) is 0.898. The Morgan fingerprint density at radius 2 is 1.93 bits per heavy atom. The van der Waals surface area contributed by atoms with E-state index in [1.54, 1.807) is 0 Å². The predicted octanol–water partition coefficient (Wildman–Crippen LogP) is 4.23. The van der Waals surface area contributed by atoms with Crippen molar-refractivity contribution in [2.45, 2.75) is 39.7 Å². The molecule has 0 bridgehead atoms. The smallest absolute Gasteiger partial charge is 0.220 e. The van der Waals surface area contributed by atoms with Crippen molar-refractivity contribution >= 4 is 16.7 Å². The van der Waals surface area contributed by atoms with Gasteiger partial charge in [-0.15, -0.1) is 0 Å². The first-order valence-corrected chi connectivity index (χ1v) is 9.37. The molecule has 0 spiro atoms. The van der Waals surface area contributed by atoms with E-state index < -0.39 is 0 Å². The molecule has 0 saturated carbocycles. The molecule has 5 nitrogen and oxygen atoms in total. The van der Waals surface area contributed by atoms with Crippen LogP contribution >= 0.6 is 0 Å². The van der Waals surface area contributed by atoms with Crippen LogP contribution in [0.2, 0.25) is 0 Å². The van der Waals surface area contributed by atoms with Crippen molar-refractivity contribution in [3.63, 3.8) is 0 Å². The Bertz CT molecular complexity index is 941. The van der Waals surface area contributed by atoms with Crippen molar-refractivity contribution in [2.75, 3.05) is 6.61 Å². The van der Waals surface area contributed by atoms with Gasteiger partial charge in [0.15, 0.2) is 0 Å². The summed E-state index contributed by atoms with van der Waals surface area (Å²) in [6, 6.07) is 14.1. The zero-order valence-electron chi connectivity index (χ0n) is 16.5. The number of ether oxygens (including phenoxy) is 1. The van der Waals surface area contributed by atoms with Crippen LogP contribution in [0.4, 0.5) is 0 Å². The van der Waals surface area contributed by atoms with Gasteiger partial charge in [-0.25, -0.2) is 0 Å². The van der Waals surface area contributed by atoms with Crippen LogP contribution < -0.4 is 10.1 Å². The molecule has 1 unspecified atom stereocenters. The molecular weight excluding hydrogens is 338 g/mol. The number of rotatable bonds is 7. The number of nitrogens with one attached hydrogen (secondary N) is 1. The van der Waals surface area contributed by atoms with Crippen LogP contribution in [0.5, 0.6) is 5.75 Å². The molecule has 1 atom stereocenters. The van der Waals surface area contributed by atoms with E-state index in [0.717, 1.165) is 33.5 Å². The molecule has 0 radical (unpaired) electrons. The van der Waals surface area contributed by atoms with Crippen LogP contribution in [0.15, 0.2) is 42.5 Å². The third-order valence-electron chi connectivity index (χ3n) is 4.93. The summed E-state index contributed by atoms with van der Waals surface area (Å²) in [4.78, 5) is 12.3. The molecule has 27 heavy (non-hydrogen) atoms. The Balaban J connectivity index is 1.49. The first-order chi connectivity index (χ1) is 13.0. The van der Waals surface area contributed by atoms with Gasteiger partial charge in [-0.1, -0.05) is 36.4 Å². The average molecular weight is 365 g/mol. The molecule has 1 aromatic heterocycles. The van der Waals surface area contributed by atoms with Crippen LogP contribution in [-0.2, 0) is 11.8 Å². The van der Waals surface area contributed by atoms with Gasteiger partial charge < -0.3 is 10.1 Å². The standard InChI is InChI=1S/C22H27N3O2/c1-15(22-16(2)24-25(4)17(22)3)23-21(26)13-8-14-27-20-12-7-10-18-9-5-6-11-19(18)20/h5-7,9-12,15H,8,13-14H2,1-4H3,(H,23,26). The summed E-state index contributed by atoms with van der Waals surface area (Å²) in [7, 11) is 1.92. The molecule has 142 valence electrons. The molecule has 2 aromatic carbocycles. The van der Waals surface area contributed by atoms with Crippen molar-refractivity contribution in [1.29, 1.82) is 0 Å². The second-order valence-corrected chi connectivity index (χ2v) is 6.93. The fourth-order valence-electron chi connectivity index (χ4n) is 3.54. The van der Waals surface area contributed by atoms with E-state index in [-0.39, 0.29) is 11.9 Å². The van der Waals surface area contributed by atoms with Crippen molar-refractivity contribution in [1.82, 2.24) is 15.1 Å². The van der Waals surface area contributed by atoms with Crippen molar-refractivity contribution < 1.29 is 9.53 Å². The van der Waals surface area contributed by atoms with Gasteiger partial charge in [-0.05, 0) is 38.6 Å². The maximum Gasteiger partial charge on any atom is 0.220 e. The number of carbonyl (C=O) groups is 1. The third kappa shape index (κ3) is 4.30. The first kappa shape index (κ1) is 19.0. The Morgan fingerprint density at radius 1 is 1.19 bits per heavy atom. The number of hydrogen-bond donors (Lipinski definition) is 1. The van der Waals surface area contributed by atoms with E-state index in [1.165, 1.54) is 0 Å². The quantitative estimate of drug-likeness (QED) is 0.638. The molecule has 0 fully saturated rings. The third-order valence-corrected chi connectivity index (χ3v) is 4.93. The fraction of sp³-hybridized carbons (Fsp3) is 0.364. The normalized spacial score (nSPS) is 12.1. The number of hydrogen-bond acceptors (Lipinski definition) is 3. The summed E-state index contributed by atoms with van der Waals surface area (Å²) < 4.78 is 7.76. The van der Waals surface area contributed by atoms with Gasteiger partial charge in [-0.2, -0.15) is 5.10 Å². The number of aryl methyl sites for hydroxylation is 2. The van der Waals surface area contributed by atoms with E-state index >= 15 is 0 Å². The van der Waals surface area contributed by atoms with Crippen LogP contribution in [0.1, 0.15) is 42.8 Å². The van der Waals surface area contributed by atoms with Gasteiger partial charge in [-0.3, -0.25) is 9.48 Å². The lowest BCUT2D eigenvalue weighted by Gasteiger charge is -2.15. The number of benzene rings is 2. The van der Waals surface area contributed by atoms with Gasteiger partial charge in [0.1, 0.15) is 5.75 Å². The summed E-state index contributed by atoms with van der Waals surface area (Å²) in [5.41, 5.74) is 3.14. The van der Waals surface area contributed by atoms with Gasteiger partial charge >= 0.3 is 0 Å². The lowest BCUT2D eigenvalue weighted by Crippen LogP contribution is -2.27. The van der Waals surface area contributed by atoms with Gasteiger partial charge in [0.05, 0.1) is 18.3 Å². The highest BCUT2D eigenvalue weighted by Gasteiger charge is 2.17. The minimum Gasteiger partial charge on any atom is -0.493 e. The van der Waals surface area contributed by atoms with Crippen molar-refractivity contribution in [2.24, 2.45) is 7.05 Å². The summed E-state index contributed by atoms with van der Waals surface area (Å²) in [6.07, 6.45) is 1.11. The maximum absolute atomic E-state index is 12.3. The van der Waals surface area contributed by atoms with Gasteiger partial charge in [0.25, 0.3) is 0 Å². The average Bonchev–Trinajstić information content (AvgIpc) is 2.90. The van der Waals surface area contributed by atoms with Crippen LogP contribution in [-0.4, -0.2) is 22.3 Å². The summed E-state index contributed by atoms with van der Waals surface area (Å²) >= 11 is 0. The highest BCUT2D eigenvalue weighted by molar-refractivity contribution is 5.88. The predicted molar refractivity (Wildman–Crippen MR) is 108 cm³/mol. The topological polar surface area (TPSA) is 56.2 Å². The molecule has 1 N–H and O–H groups in total. The number of aromatic nitrogens is 2. The molecular formula is C22H27N3O2. The lowest BCUT2D eigenvalue weighted by molar-refractivity contribution is -0.121. The molecule has 0 aliphatic carbocycles. The minimum atomic E-state index is -0.0508. The van der Waals surface area contributed by atoms with E-state index in [2.05, 4.69) is 28.6 Å². The molecule has 0 saturated heterocycles. The number of carbonyl (C=O) groups excluding carboxylic acids is 1. The molecule has 3 rings (SSSR count). The summed E-state index contributed by atoms with van der Waals surface area (Å²) in [6.45, 7) is 6.52. The minimum absolute atomic E-state index is 0.0340. The van der Waals surface area contributed by atoms with E-state index in [0.29, 0.717) is 19.4 Å². The molecule has 1 heterocycles. The second-order valence-electron chi connectivity index (χ2n) is 6.93. The number of fused-ring (bicyclic) bond motifs is 1. The molecule has 5 heteroatoms. The highest BCUT2D eigenvalue weighted by Crippen LogP contribution is 2.25. The van der Waals surface area contributed by atoms with Gasteiger partial charge in [0, 0.05) is 30.1 Å². The second kappa shape index (κ2) is 8.25. The lowest BCUT2D eigenvalue weighted by atomic mass is 10.1. The largest absolute Gasteiger partial charge is 0.493 e. The highest BCUT2D eigenvalue weighted by atomic mass is 16.5. The fourth-order valence-corrected chi connectivity index (χ4v) is 3.54. The SMILES string of the molecule is Cc1nn(C)c(C)c1C(C)NC(=O)CCCOc1cccc2ccccc12. The molecule has 3 aromatic rings. The number of amides is 1. The molecule has 0 aliphatic heterocycles. The van der Waals surface area contributed by atoms with E-state index in [9.17, 15) is 4.79 Å². The zero-order chi connectivity index (χ0) is 19.4. The molecule has 0 aliphatic rings.